The zero-order valence-electron chi connectivity index (χ0n) is 19.1. The minimum atomic E-state index is -1.90. The largest absolute Gasteiger partial charge is 0.491 e. The van der Waals surface area contributed by atoms with Gasteiger partial charge in [0.25, 0.3) is 0 Å². The third-order valence-electron chi connectivity index (χ3n) is 6.72. The molecule has 5 atom stereocenters. The average molecular weight is 409 g/mol. The highest BCUT2D eigenvalue weighted by atomic mass is 28.4. The molecule has 1 saturated carbocycles. The van der Waals surface area contributed by atoms with Gasteiger partial charge >= 0.3 is 5.97 Å². The Morgan fingerprint density at radius 3 is 2.29 bits per heavy atom. The van der Waals surface area contributed by atoms with Gasteiger partial charge in [0, 0.05) is 6.92 Å². The van der Waals surface area contributed by atoms with Crippen LogP contribution in [0, 0.1) is 11.8 Å². The molecule has 1 aliphatic heterocycles. The predicted molar refractivity (Wildman–Crippen MR) is 117 cm³/mol. The van der Waals surface area contributed by atoms with Crippen molar-refractivity contribution < 1.29 is 18.7 Å². The molecule has 0 N–H and O–H groups in total. The van der Waals surface area contributed by atoms with Gasteiger partial charge in [0.1, 0.15) is 23.6 Å². The molecule has 1 aliphatic carbocycles. The van der Waals surface area contributed by atoms with Crippen LogP contribution in [0.25, 0.3) is 0 Å². The number of allylic oxidation sites excluding steroid dienone is 3. The molecule has 160 valence electrons. The van der Waals surface area contributed by atoms with E-state index in [2.05, 4.69) is 60.6 Å². The maximum atomic E-state index is 11.8. The molecule has 2 aliphatic rings. The van der Waals surface area contributed by atoms with E-state index in [1.807, 2.05) is 0 Å². The minimum absolute atomic E-state index is 0.0344. The van der Waals surface area contributed by atoms with E-state index in [9.17, 15) is 4.79 Å². The molecule has 5 heteroatoms. The van der Waals surface area contributed by atoms with E-state index in [-0.39, 0.29) is 24.1 Å². The molecule has 0 amide bonds. The number of hydrogen-bond donors (Lipinski definition) is 0. The number of rotatable bonds is 7. The molecule has 1 saturated heterocycles. The second-order valence-electron chi connectivity index (χ2n) is 9.13. The SMILES string of the molecule is CC[Si](CC)(CC)O[C@@]1(C)/C(=C/C=C(C)C)O[C@H]2C[C@H](C)C[C@H](OC(C)=O)[C@H]21. The Kier molecular flexibility index (Phi) is 7.60. The summed E-state index contributed by atoms with van der Waals surface area (Å²) in [5, 5.41) is 0. The van der Waals surface area contributed by atoms with Crippen molar-refractivity contribution in [1.82, 2.24) is 0 Å². The van der Waals surface area contributed by atoms with Crippen LogP contribution in [0.4, 0.5) is 0 Å². The van der Waals surface area contributed by atoms with Crippen LogP contribution in [-0.2, 0) is 18.7 Å². The molecule has 0 radical (unpaired) electrons. The van der Waals surface area contributed by atoms with Gasteiger partial charge in [0.2, 0.25) is 0 Å². The topological polar surface area (TPSA) is 44.8 Å². The van der Waals surface area contributed by atoms with Crippen LogP contribution in [-0.4, -0.2) is 32.1 Å². The van der Waals surface area contributed by atoms with Crippen molar-refractivity contribution in [3.63, 3.8) is 0 Å². The minimum Gasteiger partial charge on any atom is -0.491 e. The van der Waals surface area contributed by atoms with Crippen molar-refractivity contribution in [2.75, 3.05) is 0 Å². The van der Waals surface area contributed by atoms with E-state index in [0.717, 1.165) is 36.7 Å². The standard InChI is InChI=1S/C23H40O4Si/c1-9-28(10-2,11-3)27-23(8)21(13-12-16(4)5)26-20-15-17(6)14-19(22(20)23)25-18(7)24/h12-13,17,19-20,22H,9-11,14-15H2,1-8H3/b21-13-/t17-,19+,20+,22-,23+/m1/s1. The molecule has 0 spiro atoms. The van der Waals surface area contributed by atoms with Crippen molar-refractivity contribution in [3.8, 4) is 0 Å². The van der Waals surface area contributed by atoms with Crippen LogP contribution < -0.4 is 0 Å². The summed E-state index contributed by atoms with van der Waals surface area (Å²) in [7, 11) is -1.90. The highest BCUT2D eigenvalue weighted by molar-refractivity contribution is 6.73. The fraction of sp³-hybridized carbons (Fsp3) is 0.783. The monoisotopic (exact) mass is 408 g/mol. The van der Waals surface area contributed by atoms with Gasteiger partial charge in [-0.05, 0) is 63.7 Å². The number of carbonyl (C=O) groups excluding carboxylic acids is 1. The molecule has 0 aromatic rings. The lowest BCUT2D eigenvalue weighted by Crippen LogP contribution is -2.55. The Hall–Kier alpha value is -1.07. The van der Waals surface area contributed by atoms with E-state index in [1.54, 1.807) is 0 Å². The van der Waals surface area contributed by atoms with Crippen molar-refractivity contribution in [2.45, 2.75) is 104 Å². The molecule has 0 aromatic heterocycles. The Morgan fingerprint density at radius 1 is 1.18 bits per heavy atom. The number of fused-ring (bicyclic) bond motifs is 1. The first-order chi connectivity index (χ1) is 13.1. The van der Waals surface area contributed by atoms with Gasteiger partial charge in [-0.3, -0.25) is 4.79 Å². The summed E-state index contributed by atoms with van der Waals surface area (Å²) < 4.78 is 19.5. The van der Waals surface area contributed by atoms with Crippen LogP contribution in [0.1, 0.15) is 68.2 Å². The summed E-state index contributed by atoms with van der Waals surface area (Å²) in [5.41, 5.74) is 0.675. The first kappa shape index (κ1) is 23.2. The summed E-state index contributed by atoms with van der Waals surface area (Å²) in [6.07, 6.45) is 5.91. The van der Waals surface area contributed by atoms with Gasteiger partial charge in [-0.2, -0.15) is 0 Å². The first-order valence-electron chi connectivity index (χ1n) is 11.0. The molecule has 2 fully saturated rings. The molecule has 28 heavy (non-hydrogen) atoms. The third kappa shape index (κ3) is 4.73. The second kappa shape index (κ2) is 9.16. The lowest BCUT2D eigenvalue weighted by atomic mass is 9.72. The predicted octanol–water partition coefficient (Wildman–Crippen LogP) is 5.99. The van der Waals surface area contributed by atoms with Gasteiger partial charge in [0.05, 0.1) is 5.92 Å². The van der Waals surface area contributed by atoms with Crippen LogP contribution in [0.15, 0.2) is 23.5 Å². The number of esters is 1. The Morgan fingerprint density at radius 2 is 1.79 bits per heavy atom. The highest BCUT2D eigenvalue weighted by Gasteiger charge is 2.60. The Bertz CT molecular complexity index is 610. The highest BCUT2D eigenvalue weighted by Crippen LogP contribution is 2.52. The molecule has 2 rings (SSSR count). The second-order valence-corrected chi connectivity index (χ2v) is 13.8. The smallest absolute Gasteiger partial charge is 0.302 e. The molecule has 0 aromatic carbocycles. The van der Waals surface area contributed by atoms with Crippen molar-refractivity contribution in [3.05, 3.63) is 23.5 Å². The molecule has 0 unspecified atom stereocenters. The van der Waals surface area contributed by atoms with Crippen LogP contribution in [0.5, 0.6) is 0 Å². The molecule has 4 nitrogen and oxygen atoms in total. The van der Waals surface area contributed by atoms with Gasteiger partial charge in [-0.15, -0.1) is 0 Å². The van der Waals surface area contributed by atoms with Crippen molar-refractivity contribution >= 4 is 14.3 Å². The van der Waals surface area contributed by atoms with Crippen molar-refractivity contribution in [2.24, 2.45) is 11.8 Å². The molecule has 0 bridgehead atoms. The zero-order chi connectivity index (χ0) is 21.1. The van der Waals surface area contributed by atoms with Gasteiger partial charge < -0.3 is 13.9 Å². The van der Waals surface area contributed by atoms with Gasteiger partial charge in [0.15, 0.2) is 8.32 Å². The number of carbonyl (C=O) groups is 1. The molecular formula is C23H40O4Si. The fourth-order valence-corrected chi connectivity index (χ4v) is 8.08. The van der Waals surface area contributed by atoms with E-state index < -0.39 is 13.9 Å². The lowest BCUT2D eigenvalue weighted by molar-refractivity contribution is -0.158. The van der Waals surface area contributed by atoms with Crippen LogP contribution >= 0.6 is 0 Å². The summed E-state index contributed by atoms with van der Waals surface area (Å²) in [6.45, 7) is 16.8. The fourth-order valence-electron chi connectivity index (χ4n) is 5.01. The summed E-state index contributed by atoms with van der Waals surface area (Å²) >= 11 is 0. The summed E-state index contributed by atoms with van der Waals surface area (Å²) in [6, 6.07) is 3.24. The van der Waals surface area contributed by atoms with Gasteiger partial charge in [-0.25, -0.2) is 0 Å². The lowest BCUT2D eigenvalue weighted by Gasteiger charge is -2.45. The van der Waals surface area contributed by atoms with E-state index in [4.69, 9.17) is 13.9 Å². The average Bonchev–Trinajstić information content (AvgIpc) is 2.89. The first-order valence-corrected chi connectivity index (χ1v) is 13.5. The maximum Gasteiger partial charge on any atom is 0.302 e. The summed E-state index contributed by atoms with van der Waals surface area (Å²) in [4.78, 5) is 11.8. The maximum absolute atomic E-state index is 11.8. The van der Waals surface area contributed by atoms with Crippen LogP contribution in [0.2, 0.25) is 18.1 Å². The van der Waals surface area contributed by atoms with Crippen LogP contribution in [0.3, 0.4) is 0 Å². The Labute approximate surface area is 172 Å². The quantitative estimate of drug-likeness (QED) is 0.383. The molecule has 1 heterocycles. The van der Waals surface area contributed by atoms with E-state index in [0.29, 0.717) is 5.92 Å². The van der Waals surface area contributed by atoms with E-state index in [1.165, 1.54) is 12.5 Å². The number of hydrogen-bond acceptors (Lipinski definition) is 4. The third-order valence-corrected chi connectivity index (χ3v) is 11.4. The molecular weight excluding hydrogens is 368 g/mol. The van der Waals surface area contributed by atoms with Gasteiger partial charge in [-0.1, -0.05) is 39.3 Å². The van der Waals surface area contributed by atoms with E-state index >= 15 is 0 Å². The number of ether oxygens (including phenoxy) is 2. The zero-order valence-corrected chi connectivity index (χ0v) is 20.1. The Balaban J connectivity index is 2.53. The normalized spacial score (nSPS) is 33.9. The van der Waals surface area contributed by atoms with Crippen molar-refractivity contribution in [1.29, 1.82) is 0 Å². The summed E-state index contributed by atoms with van der Waals surface area (Å²) in [5.74, 6) is 1.19.